The first kappa shape index (κ1) is 13.4. The van der Waals surface area contributed by atoms with E-state index in [1.165, 1.54) is 6.20 Å². The van der Waals surface area contributed by atoms with Gasteiger partial charge in [0.15, 0.2) is 0 Å². The van der Waals surface area contributed by atoms with E-state index in [0.29, 0.717) is 17.7 Å². The maximum atomic E-state index is 13.5. The number of hydrogen-bond donors (Lipinski definition) is 1. The van der Waals surface area contributed by atoms with Gasteiger partial charge in [-0.25, -0.2) is 9.37 Å². The Kier molecular flexibility index (Phi) is 3.46. The summed E-state index contributed by atoms with van der Waals surface area (Å²) < 4.78 is 55.6. The van der Waals surface area contributed by atoms with Crippen LogP contribution in [0.25, 0.3) is 0 Å². The zero-order valence-corrected chi connectivity index (χ0v) is 9.88. The average Bonchev–Trinajstić information content (AvgIpc) is 2.72. The molecule has 1 heterocycles. The van der Waals surface area contributed by atoms with Crippen LogP contribution in [0.3, 0.4) is 0 Å². The number of rotatable bonds is 3. The zero-order chi connectivity index (χ0) is 14.0. The molecule has 0 aliphatic carbocycles. The fourth-order valence-electron chi connectivity index (χ4n) is 1.49. The fraction of sp³-hybridized carbons (Fsp3) is 0.250. The molecule has 0 atom stereocenters. The summed E-state index contributed by atoms with van der Waals surface area (Å²) in [4.78, 5) is 3.89. The van der Waals surface area contributed by atoms with Crippen molar-refractivity contribution in [3.05, 3.63) is 47.4 Å². The maximum Gasteiger partial charge on any atom is 0.416 e. The van der Waals surface area contributed by atoms with Crippen LogP contribution in [0, 0.1) is 12.7 Å². The first-order valence-corrected chi connectivity index (χ1v) is 5.38. The molecule has 0 fully saturated rings. The Hall–Kier alpha value is -2.05. The monoisotopic (exact) mass is 274 g/mol. The van der Waals surface area contributed by atoms with Gasteiger partial charge in [-0.15, -0.1) is 0 Å². The first-order valence-electron chi connectivity index (χ1n) is 5.38. The van der Waals surface area contributed by atoms with Gasteiger partial charge in [0, 0.05) is 0 Å². The SMILES string of the molecule is Cc1cnc(CNc2ccc(C(F)(F)F)cc2F)o1. The van der Waals surface area contributed by atoms with E-state index in [-0.39, 0.29) is 12.2 Å². The Bertz CT molecular complexity index is 577. The molecule has 1 aromatic heterocycles. The van der Waals surface area contributed by atoms with Crippen molar-refractivity contribution >= 4 is 5.69 Å². The number of halogens is 4. The Labute approximate surface area is 106 Å². The Balaban J connectivity index is 2.09. The van der Waals surface area contributed by atoms with Crippen molar-refractivity contribution in [2.75, 3.05) is 5.32 Å². The largest absolute Gasteiger partial charge is 0.444 e. The van der Waals surface area contributed by atoms with Crippen LogP contribution in [-0.2, 0) is 12.7 Å². The van der Waals surface area contributed by atoms with Gasteiger partial charge in [-0.05, 0) is 25.1 Å². The summed E-state index contributed by atoms with van der Waals surface area (Å²) in [6, 6.07) is 2.29. The van der Waals surface area contributed by atoms with Crippen molar-refractivity contribution in [3.8, 4) is 0 Å². The predicted octanol–water partition coefficient (Wildman–Crippen LogP) is 3.75. The van der Waals surface area contributed by atoms with Crippen LogP contribution in [0.1, 0.15) is 17.2 Å². The molecule has 0 saturated carbocycles. The van der Waals surface area contributed by atoms with Gasteiger partial charge < -0.3 is 9.73 Å². The number of aromatic nitrogens is 1. The third-order valence-corrected chi connectivity index (χ3v) is 2.40. The van der Waals surface area contributed by atoms with Gasteiger partial charge in [0.25, 0.3) is 0 Å². The summed E-state index contributed by atoms with van der Waals surface area (Å²) in [5.74, 6) is -0.0420. The van der Waals surface area contributed by atoms with E-state index in [1.807, 2.05) is 0 Å². The highest BCUT2D eigenvalue weighted by Crippen LogP contribution is 2.31. The quantitative estimate of drug-likeness (QED) is 0.866. The molecule has 2 aromatic rings. The van der Waals surface area contributed by atoms with Crippen molar-refractivity contribution < 1.29 is 22.0 Å². The van der Waals surface area contributed by atoms with Crippen LogP contribution < -0.4 is 5.32 Å². The molecule has 0 radical (unpaired) electrons. The predicted molar refractivity (Wildman–Crippen MR) is 60.0 cm³/mol. The molecule has 19 heavy (non-hydrogen) atoms. The van der Waals surface area contributed by atoms with E-state index in [1.54, 1.807) is 6.92 Å². The summed E-state index contributed by atoms with van der Waals surface area (Å²) >= 11 is 0. The number of benzene rings is 1. The van der Waals surface area contributed by atoms with Gasteiger partial charge in [0.2, 0.25) is 5.89 Å². The third kappa shape index (κ3) is 3.24. The minimum absolute atomic E-state index is 0.0381. The summed E-state index contributed by atoms with van der Waals surface area (Å²) in [5.41, 5.74) is -1.06. The smallest absolute Gasteiger partial charge is 0.416 e. The van der Waals surface area contributed by atoms with Crippen molar-refractivity contribution in [2.45, 2.75) is 19.6 Å². The molecule has 0 bridgehead atoms. The van der Waals surface area contributed by atoms with E-state index in [9.17, 15) is 17.6 Å². The van der Waals surface area contributed by atoms with Gasteiger partial charge in [0.05, 0.1) is 24.0 Å². The number of alkyl halides is 3. The van der Waals surface area contributed by atoms with Crippen LogP contribution >= 0.6 is 0 Å². The summed E-state index contributed by atoms with van der Waals surface area (Å²) in [6.45, 7) is 1.80. The summed E-state index contributed by atoms with van der Waals surface area (Å²) in [6.07, 6.45) is -3.06. The number of nitrogens with one attached hydrogen (secondary N) is 1. The highest BCUT2D eigenvalue weighted by atomic mass is 19.4. The fourth-order valence-corrected chi connectivity index (χ4v) is 1.49. The van der Waals surface area contributed by atoms with Gasteiger partial charge in [-0.1, -0.05) is 0 Å². The van der Waals surface area contributed by atoms with Gasteiger partial charge in [0.1, 0.15) is 11.6 Å². The normalized spacial score (nSPS) is 11.6. The lowest BCUT2D eigenvalue weighted by molar-refractivity contribution is -0.137. The number of aryl methyl sites for hydroxylation is 1. The highest BCUT2D eigenvalue weighted by Gasteiger charge is 2.31. The molecule has 0 unspecified atom stereocenters. The molecule has 3 nitrogen and oxygen atoms in total. The topological polar surface area (TPSA) is 38.1 Å². The second kappa shape index (κ2) is 4.91. The highest BCUT2D eigenvalue weighted by molar-refractivity contribution is 5.46. The van der Waals surface area contributed by atoms with Crippen LogP contribution in [0.5, 0.6) is 0 Å². The Morgan fingerprint density at radius 3 is 2.58 bits per heavy atom. The summed E-state index contributed by atoms with van der Waals surface area (Å²) in [5, 5.41) is 2.62. The maximum absolute atomic E-state index is 13.5. The van der Waals surface area contributed by atoms with E-state index in [0.717, 1.165) is 12.1 Å². The van der Waals surface area contributed by atoms with Crippen molar-refractivity contribution in [1.82, 2.24) is 4.98 Å². The molecule has 1 aromatic carbocycles. The minimum Gasteiger partial charge on any atom is -0.444 e. The average molecular weight is 274 g/mol. The van der Waals surface area contributed by atoms with Gasteiger partial charge >= 0.3 is 6.18 Å². The van der Waals surface area contributed by atoms with E-state index >= 15 is 0 Å². The molecule has 0 aliphatic rings. The standard InChI is InChI=1S/C12H10F4N2O/c1-7-5-18-11(19-7)6-17-10-3-2-8(4-9(10)13)12(14,15)16/h2-5,17H,6H2,1H3. The molecular weight excluding hydrogens is 264 g/mol. The zero-order valence-electron chi connectivity index (χ0n) is 9.88. The van der Waals surface area contributed by atoms with E-state index in [2.05, 4.69) is 10.3 Å². The molecule has 1 N–H and O–H groups in total. The molecule has 7 heteroatoms. The molecule has 0 saturated heterocycles. The lowest BCUT2D eigenvalue weighted by Gasteiger charge is -2.09. The van der Waals surface area contributed by atoms with Crippen molar-refractivity contribution in [1.29, 1.82) is 0 Å². The molecular formula is C12H10F4N2O. The lowest BCUT2D eigenvalue weighted by Crippen LogP contribution is -2.07. The Morgan fingerprint density at radius 2 is 2.05 bits per heavy atom. The number of nitrogens with zero attached hydrogens (tertiary/aromatic N) is 1. The van der Waals surface area contributed by atoms with Crippen LogP contribution in [0.4, 0.5) is 23.2 Å². The molecule has 0 spiro atoms. The number of anilines is 1. The molecule has 0 aliphatic heterocycles. The van der Waals surface area contributed by atoms with Crippen molar-refractivity contribution in [3.63, 3.8) is 0 Å². The minimum atomic E-state index is -4.56. The Morgan fingerprint density at radius 1 is 1.32 bits per heavy atom. The summed E-state index contributed by atoms with van der Waals surface area (Å²) in [7, 11) is 0. The molecule has 2 rings (SSSR count). The second-order valence-electron chi connectivity index (χ2n) is 3.91. The van der Waals surface area contributed by atoms with Crippen LogP contribution in [0.2, 0.25) is 0 Å². The number of hydrogen-bond acceptors (Lipinski definition) is 3. The van der Waals surface area contributed by atoms with Crippen molar-refractivity contribution in [2.24, 2.45) is 0 Å². The van der Waals surface area contributed by atoms with Gasteiger partial charge in [-0.2, -0.15) is 13.2 Å². The molecule has 102 valence electrons. The first-order chi connectivity index (χ1) is 8.86. The molecule has 0 amide bonds. The lowest BCUT2D eigenvalue weighted by atomic mass is 10.2. The second-order valence-corrected chi connectivity index (χ2v) is 3.91. The third-order valence-electron chi connectivity index (χ3n) is 2.40. The van der Waals surface area contributed by atoms with Crippen LogP contribution in [0.15, 0.2) is 28.8 Å². The van der Waals surface area contributed by atoms with Gasteiger partial charge in [-0.3, -0.25) is 0 Å². The van der Waals surface area contributed by atoms with Crippen LogP contribution in [-0.4, -0.2) is 4.98 Å². The van der Waals surface area contributed by atoms with E-state index < -0.39 is 17.6 Å². The van der Waals surface area contributed by atoms with E-state index in [4.69, 9.17) is 4.42 Å². The number of oxazole rings is 1.